The molecule has 1 saturated carbocycles. The Morgan fingerprint density at radius 3 is 2.72 bits per heavy atom. The van der Waals surface area contributed by atoms with E-state index in [1.54, 1.807) is 12.3 Å². The maximum absolute atomic E-state index is 15.0. The minimum atomic E-state index is -1.20. The van der Waals surface area contributed by atoms with Crippen molar-refractivity contribution in [3.05, 3.63) is 88.0 Å². The Bertz CT molecular complexity index is 1680. The summed E-state index contributed by atoms with van der Waals surface area (Å²) >= 11 is 5.81. The lowest BCUT2D eigenvalue weighted by Gasteiger charge is -2.22. The molecule has 0 unspecified atom stereocenters. The molecular formula is C32H32ClF2N5O3. The molecule has 5 rings (SSSR count). The number of carbonyl (C=O) groups is 1. The number of halogens is 3. The number of aryl methyl sites for hydroxylation is 1. The van der Waals surface area contributed by atoms with Crippen molar-refractivity contribution in [2.75, 3.05) is 13.1 Å². The van der Waals surface area contributed by atoms with Gasteiger partial charge in [-0.1, -0.05) is 18.5 Å². The number of pyridine rings is 1. The first-order valence-corrected chi connectivity index (χ1v) is 14.6. The van der Waals surface area contributed by atoms with Gasteiger partial charge in [-0.25, -0.2) is 18.6 Å². The number of rotatable bonds is 14. The van der Waals surface area contributed by atoms with Crippen molar-refractivity contribution in [3.8, 4) is 11.8 Å². The molecule has 0 bridgehead atoms. The lowest BCUT2D eigenvalue weighted by molar-refractivity contribution is 0.0696. The van der Waals surface area contributed by atoms with Gasteiger partial charge in [0.05, 0.1) is 29.4 Å². The monoisotopic (exact) mass is 607 g/mol. The number of hydrogen-bond acceptors (Lipinski definition) is 6. The number of nitriles is 1. The molecule has 2 aromatic carbocycles. The van der Waals surface area contributed by atoms with Gasteiger partial charge in [0.2, 0.25) is 0 Å². The van der Waals surface area contributed by atoms with E-state index < -0.39 is 17.6 Å². The van der Waals surface area contributed by atoms with Gasteiger partial charge < -0.3 is 14.4 Å². The highest BCUT2D eigenvalue weighted by molar-refractivity contribution is 6.30. The van der Waals surface area contributed by atoms with Crippen LogP contribution in [0.4, 0.5) is 8.78 Å². The Balaban J connectivity index is 1.26. The van der Waals surface area contributed by atoms with Gasteiger partial charge in [0.1, 0.15) is 17.9 Å². The highest BCUT2D eigenvalue weighted by atomic mass is 35.5. The number of fused-ring (bicyclic) bond motifs is 1. The minimum Gasteiger partial charge on any atom is -0.484 e. The van der Waals surface area contributed by atoms with Crippen LogP contribution < -0.4 is 4.74 Å². The van der Waals surface area contributed by atoms with E-state index in [4.69, 9.17) is 16.3 Å². The average molecular weight is 608 g/mol. The molecule has 0 spiro atoms. The highest BCUT2D eigenvalue weighted by Gasteiger charge is 2.43. The van der Waals surface area contributed by atoms with Crippen LogP contribution in [0, 0.1) is 28.4 Å². The molecule has 43 heavy (non-hydrogen) atoms. The van der Waals surface area contributed by atoms with Crippen LogP contribution in [0.2, 0.25) is 5.02 Å². The first kappa shape index (κ1) is 30.4. The summed E-state index contributed by atoms with van der Waals surface area (Å²) in [5.74, 6) is -1.63. The van der Waals surface area contributed by atoms with E-state index in [2.05, 4.69) is 20.9 Å². The Hall–Kier alpha value is -4.07. The third kappa shape index (κ3) is 7.29. The van der Waals surface area contributed by atoms with Crippen LogP contribution in [0.1, 0.15) is 60.0 Å². The lowest BCUT2D eigenvalue weighted by atomic mass is 10.0. The van der Waals surface area contributed by atoms with Gasteiger partial charge in [0.15, 0.2) is 17.4 Å². The molecule has 1 fully saturated rings. The molecule has 0 amide bonds. The van der Waals surface area contributed by atoms with Crippen molar-refractivity contribution in [2.45, 2.75) is 58.7 Å². The Morgan fingerprint density at radius 2 is 2.02 bits per heavy atom. The van der Waals surface area contributed by atoms with Gasteiger partial charge in [-0.2, -0.15) is 5.26 Å². The number of aromatic nitrogens is 3. The minimum absolute atomic E-state index is 0.112. The maximum atomic E-state index is 15.0. The molecule has 0 atom stereocenters. The standard InChI is InChI=1S/C32H32ClF2N5O3/c1-2-39(13-3-4-21-7-12-37-24(14-21)19-43-28-6-5-23(33)17-25(28)34)18-29-38-30-26(35)15-22(31(41)42)16-27(30)40(29)20-32(8-9-32)10-11-36/h5-7,12,14-17H,2-4,8-10,13,18-20H2,1H3,(H,41,42). The number of nitrogens with zero attached hydrogens (tertiary/aromatic N) is 5. The van der Waals surface area contributed by atoms with E-state index in [9.17, 15) is 23.9 Å². The van der Waals surface area contributed by atoms with Crippen LogP contribution >= 0.6 is 11.6 Å². The molecule has 2 aromatic heterocycles. The van der Waals surface area contributed by atoms with Crippen LogP contribution in [0.3, 0.4) is 0 Å². The molecule has 0 saturated heterocycles. The number of benzene rings is 2. The smallest absolute Gasteiger partial charge is 0.335 e. The summed E-state index contributed by atoms with van der Waals surface area (Å²) in [6, 6.07) is 12.9. The fraction of sp³-hybridized carbons (Fsp3) is 0.375. The topological polar surface area (TPSA) is 104 Å². The lowest BCUT2D eigenvalue weighted by Crippen LogP contribution is -2.27. The van der Waals surface area contributed by atoms with E-state index >= 15 is 0 Å². The Labute approximate surface area is 253 Å². The summed E-state index contributed by atoms with van der Waals surface area (Å²) in [6.07, 6.45) is 5.50. The molecule has 1 N–H and O–H groups in total. The summed E-state index contributed by atoms with van der Waals surface area (Å²) in [6.45, 7) is 4.60. The average Bonchev–Trinajstić information content (AvgIpc) is 3.65. The zero-order chi connectivity index (χ0) is 30.6. The fourth-order valence-electron chi connectivity index (χ4n) is 5.28. The number of imidazole rings is 1. The van der Waals surface area contributed by atoms with Gasteiger partial charge in [0, 0.05) is 29.6 Å². The number of carboxylic acid groups (broad SMARTS) is 1. The molecule has 2 heterocycles. The van der Waals surface area contributed by atoms with Gasteiger partial charge in [-0.05, 0) is 86.8 Å². The van der Waals surface area contributed by atoms with Gasteiger partial charge >= 0.3 is 5.97 Å². The third-order valence-electron chi connectivity index (χ3n) is 7.94. The number of ether oxygens (including phenoxy) is 1. The van der Waals surface area contributed by atoms with E-state index in [0.717, 1.165) is 50.4 Å². The predicted molar refractivity (Wildman–Crippen MR) is 158 cm³/mol. The molecule has 1 aliphatic carbocycles. The summed E-state index contributed by atoms with van der Waals surface area (Å²) in [7, 11) is 0. The second-order valence-corrected chi connectivity index (χ2v) is 11.5. The molecule has 8 nitrogen and oxygen atoms in total. The molecular weight excluding hydrogens is 576 g/mol. The van der Waals surface area contributed by atoms with Crippen LogP contribution in [-0.2, 0) is 26.1 Å². The van der Waals surface area contributed by atoms with Crippen LogP contribution in [-0.4, -0.2) is 43.6 Å². The van der Waals surface area contributed by atoms with Crippen LogP contribution in [0.15, 0.2) is 48.7 Å². The normalized spacial score (nSPS) is 13.8. The molecule has 224 valence electrons. The largest absolute Gasteiger partial charge is 0.484 e. The Morgan fingerprint density at radius 1 is 1.21 bits per heavy atom. The van der Waals surface area contributed by atoms with Crippen molar-refractivity contribution in [1.29, 1.82) is 5.26 Å². The van der Waals surface area contributed by atoms with Crippen molar-refractivity contribution < 1.29 is 23.4 Å². The molecule has 4 aromatic rings. The van der Waals surface area contributed by atoms with Gasteiger partial charge in [-0.15, -0.1) is 0 Å². The molecule has 11 heteroatoms. The Kier molecular flexibility index (Phi) is 9.23. The van der Waals surface area contributed by atoms with Gasteiger partial charge in [-0.3, -0.25) is 9.88 Å². The van der Waals surface area contributed by atoms with E-state index in [0.29, 0.717) is 41.6 Å². The summed E-state index contributed by atoms with van der Waals surface area (Å²) in [5.41, 5.74) is 2.03. The van der Waals surface area contributed by atoms with Crippen LogP contribution in [0.25, 0.3) is 11.0 Å². The fourth-order valence-corrected chi connectivity index (χ4v) is 5.44. The van der Waals surface area contributed by atoms with E-state index in [-0.39, 0.29) is 28.9 Å². The molecule has 1 aliphatic rings. The van der Waals surface area contributed by atoms with Crippen molar-refractivity contribution >= 4 is 28.6 Å². The van der Waals surface area contributed by atoms with Crippen molar-refractivity contribution in [2.24, 2.45) is 5.41 Å². The quantitative estimate of drug-likeness (QED) is 0.168. The highest BCUT2D eigenvalue weighted by Crippen LogP contribution is 2.50. The maximum Gasteiger partial charge on any atom is 0.335 e. The first-order chi connectivity index (χ1) is 20.7. The third-order valence-corrected chi connectivity index (χ3v) is 8.18. The summed E-state index contributed by atoms with van der Waals surface area (Å²) in [5, 5.41) is 19.2. The van der Waals surface area contributed by atoms with Crippen LogP contribution in [0.5, 0.6) is 5.75 Å². The second-order valence-electron chi connectivity index (χ2n) is 11.1. The SMILES string of the molecule is CCN(CCCc1ccnc(COc2ccc(Cl)cc2F)c1)Cc1nc2c(F)cc(C(=O)O)cc2n1CC1(CC#N)CC1. The molecule has 0 radical (unpaired) electrons. The summed E-state index contributed by atoms with van der Waals surface area (Å²) < 4.78 is 36.5. The van der Waals surface area contributed by atoms with E-state index in [1.165, 1.54) is 18.2 Å². The number of carboxylic acids is 1. The summed E-state index contributed by atoms with van der Waals surface area (Å²) in [4.78, 5) is 22.8. The van der Waals surface area contributed by atoms with Crippen molar-refractivity contribution in [1.82, 2.24) is 19.4 Å². The first-order valence-electron chi connectivity index (χ1n) is 14.2. The number of aromatic carboxylic acids is 1. The van der Waals surface area contributed by atoms with E-state index in [1.807, 2.05) is 23.6 Å². The predicted octanol–water partition coefficient (Wildman–Crippen LogP) is 6.79. The van der Waals surface area contributed by atoms with Gasteiger partial charge in [0.25, 0.3) is 0 Å². The zero-order valence-electron chi connectivity index (χ0n) is 23.8. The zero-order valence-corrected chi connectivity index (χ0v) is 24.6. The molecule has 0 aliphatic heterocycles. The van der Waals surface area contributed by atoms with Crippen molar-refractivity contribution in [3.63, 3.8) is 0 Å². The number of hydrogen-bond donors (Lipinski definition) is 1. The second kappa shape index (κ2) is 13.1.